The first kappa shape index (κ1) is 22.7. The number of aromatic carboxylic acids is 2. The van der Waals surface area contributed by atoms with Crippen molar-refractivity contribution < 1.29 is 34.4 Å². The highest BCUT2D eigenvalue weighted by molar-refractivity contribution is 7.14. The molecule has 0 saturated carbocycles. The molecule has 10 heteroatoms. The largest absolute Gasteiger partial charge is 0.481 e. The summed E-state index contributed by atoms with van der Waals surface area (Å²) in [6.45, 7) is 4.72. The molecular weight excluding hydrogens is 424 g/mol. The van der Waals surface area contributed by atoms with Gasteiger partial charge in [0.15, 0.2) is 0 Å². The maximum absolute atomic E-state index is 11.6. The van der Waals surface area contributed by atoms with Crippen LogP contribution in [0.1, 0.15) is 55.9 Å². The number of anilines is 1. The van der Waals surface area contributed by atoms with Crippen molar-refractivity contribution in [3.05, 3.63) is 44.8 Å². The average molecular weight is 448 g/mol. The zero-order valence-corrected chi connectivity index (χ0v) is 18.1. The third-order valence-corrected chi connectivity index (χ3v) is 6.65. The Balaban J connectivity index is 0.000000628. The molecule has 2 aromatic rings. The van der Waals surface area contributed by atoms with Crippen molar-refractivity contribution in [1.82, 2.24) is 4.98 Å². The van der Waals surface area contributed by atoms with Gasteiger partial charge in [0.1, 0.15) is 21.9 Å². The minimum atomic E-state index is -0.988. The van der Waals surface area contributed by atoms with Crippen LogP contribution in [0.4, 0.5) is 5.82 Å². The summed E-state index contributed by atoms with van der Waals surface area (Å²) in [5.41, 5.74) is 1.56. The van der Waals surface area contributed by atoms with Gasteiger partial charge in [0, 0.05) is 30.6 Å². The highest BCUT2D eigenvalue weighted by Crippen LogP contribution is 2.46. The number of rotatable bonds is 3. The molecule has 166 valence electrons. The SMILES string of the molecule is CC(=O)O.Cc1ccc(C(=O)O)c(N2CCC3(CC2)OCCc2cc(C(=O)O)sc23)n1. The van der Waals surface area contributed by atoms with E-state index in [0.717, 1.165) is 29.5 Å². The Morgan fingerprint density at radius 1 is 1.13 bits per heavy atom. The number of pyridine rings is 1. The van der Waals surface area contributed by atoms with Gasteiger partial charge in [-0.25, -0.2) is 14.6 Å². The Morgan fingerprint density at radius 3 is 2.35 bits per heavy atom. The van der Waals surface area contributed by atoms with Crippen LogP contribution >= 0.6 is 11.3 Å². The first-order valence-corrected chi connectivity index (χ1v) is 10.6. The molecule has 31 heavy (non-hydrogen) atoms. The summed E-state index contributed by atoms with van der Waals surface area (Å²) in [5, 5.41) is 26.2. The van der Waals surface area contributed by atoms with Crippen LogP contribution in [-0.4, -0.2) is 57.9 Å². The second-order valence-electron chi connectivity index (χ2n) is 7.50. The molecule has 0 unspecified atom stereocenters. The lowest BCUT2D eigenvalue weighted by atomic mass is 9.85. The Morgan fingerprint density at radius 2 is 1.77 bits per heavy atom. The Bertz CT molecular complexity index is 1010. The fourth-order valence-electron chi connectivity index (χ4n) is 3.93. The van der Waals surface area contributed by atoms with Gasteiger partial charge in [-0.15, -0.1) is 11.3 Å². The molecule has 4 rings (SSSR count). The Hall–Kier alpha value is -2.98. The highest BCUT2D eigenvalue weighted by Gasteiger charge is 2.43. The molecule has 9 nitrogen and oxygen atoms in total. The van der Waals surface area contributed by atoms with Crippen molar-refractivity contribution in [2.75, 3.05) is 24.6 Å². The van der Waals surface area contributed by atoms with Crippen LogP contribution in [-0.2, 0) is 21.6 Å². The smallest absolute Gasteiger partial charge is 0.345 e. The molecule has 3 N–H and O–H groups in total. The first-order valence-electron chi connectivity index (χ1n) is 9.79. The van der Waals surface area contributed by atoms with E-state index in [9.17, 15) is 19.8 Å². The number of ether oxygens (including phenoxy) is 1. The molecule has 4 heterocycles. The van der Waals surface area contributed by atoms with Crippen molar-refractivity contribution >= 4 is 35.1 Å². The molecule has 2 aromatic heterocycles. The lowest BCUT2D eigenvalue weighted by Crippen LogP contribution is -2.46. The van der Waals surface area contributed by atoms with Crippen LogP contribution in [0.15, 0.2) is 18.2 Å². The van der Waals surface area contributed by atoms with Gasteiger partial charge in [-0.05, 0) is 49.9 Å². The van der Waals surface area contributed by atoms with E-state index >= 15 is 0 Å². The summed E-state index contributed by atoms with van der Waals surface area (Å²) in [5.74, 6) is -2.24. The summed E-state index contributed by atoms with van der Waals surface area (Å²) in [6.07, 6.45) is 2.08. The second kappa shape index (κ2) is 9.03. The monoisotopic (exact) mass is 448 g/mol. The van der Waals surface area contributed by atoms with Gasteiger partial charge in [0.25, 0.3) is 5.97 Å². The van der Waals surface area contributed by atoms with Gasteiger partial charge in [-0.1, -0.05) is 0 Å². The summed E-state index contributed by atoms with van der Waals surface area (Å²) < 4.78 is 6.17. The molecule has 2 aliphatic rings. The topological polar surface area (TPSA) is 137 Å². The van der Waals surface area contributed by atoms with Crippen LogP contribution in [0.5, 0.6) is 0 Å². The molecule has 2 aliphatic heterocycles. The maximum Gasteiger partial charge on any atom is 0.345 e. The lowest BCUT2D eigenvalue weighted by Gasteiger charge is -2.44. The number of carboxylic acids is 3. The van der Waals surface area contributed by atoms with E-state index in [2.05, 4.69) is 4.98 Å². The number of aliphatic carboxylic acids is 1. The number of hydrogen-bond donors (Lipinski definition) is 3. The van der Waals surface area contributed by atoms with Crippen molar-refractivity contribution in [2.24, 2.45) is 0 Å². The number of carbonyl (C=O) groups is 3. The second-order valence-corrected chi connectivity index (χ2v) is 8.55. The van der Waals surface area contributed by atoms with Crippen LogP contribution in [0, 0.1) is 6.92 Å². The number of aryl methyl sites for hydroxylation is 1. The molecule has 0 aliphatic carbocycles. The Labute approximate surface area is 182 Å². The van der Waals surface area contributed by atoms with E-state index in [1.807, 2.05) is 11.8 Å². The third-order valence-electron chi connectivity index (χ3n) is 5.30. The van der Waals surface area contributed by atoms with Gasteiger partial charge in [-0.3, -0.25) is 4.79 Å². The molecule has 0 amide bonds. The van der Waals surface area contributed by atoms with E-state index in [1.54, 1.807) is 18.2 Å². The molecule has 0 atom stereocenters. The lowest BCUT2D eigenvalue weighted by molar-refractivity contribution is -0.134. The van der Waals surface area contributed by atoms with Crippen molar-refractivity contribution in [2.45, 2.75) is 38.7 Å². The van der Waals surface area contributed by atoms with Gasteiger partial charge < -0.3 is 25.0 Å². The minimum Gasteiger partial charge on any atom is -0.481 e. The van der Waals surface area contributed by atoms with Crippen LogP contribution in [0.25, 0.3) is 0 Å². The van der Waals surface area contributed by atoms with Gasteiger partial charge in [-0.2, -0.15) is 0 Å². The molecular formula is C21H24N2O7S. The summed E-state index contributed by atoms with van der Waals surface area (Å²) in [6, 6.07) is 5.07. The maximum atomic E-state index is 11.6. The standard InChI is InChI=1S/C19H20N2O5S.C2H4O2/c1-11-2-3-13(17(22)23)16(20-11)21-7-5-19(6-8-21)15-12(4-9-26-19)10-14(27-15)18(24)25;1-2(3)4/h2-3,10H,4-9H2,1H3,(H,22,23)(H,24,25);1H3,(H,3,4). The van der Waals surface area contributed by atoms with Crippen LogP contribution in [0.2, 0.25) is 0 Å². The van der Waals surface area contributed by atoms with Crippen molar-refractivity contribution in [3.63, 3.8) is 0 Å². The summed E-state index contributed by atoms with van der Waals surface area (Å²) >= 11 is 1.30. The molecule has 0 aromatic carbocycles. The fraction of sp³-hybridized carbons (Fsp3) is 0.429. The van der Waals surface area contributed by atoms with E-state index in [1.165, 1.54) is 11.3 Å². The number of carboxylic acid groups (broad SMARTS) is 3. The summed E-state index contributed by atoms with van der Waals surface area (Å²) in [7, 11) is 0. The Kier molecular flexibility index (Phi) is 6.61. The number of hydrogen-bond acceptors (Lipinski definition) is 7. The molecule has 1 spiro atoms. The predicted octanol–water partition coefficient (Wildman–Crippen LogP) is 3.01. The van der Waals surface area contributed by atoms with Crippen LogP contribution in [0.3, 0.4) is 0 Å². The van der Waals surface area contributed by atoms with Crippen molar-refractivity contribution in [3.8, 4) is 0 Å². The number of aromatic nitrogens is 1. The molecule has 0 radical (unpaired) electrons. The zero-order chi connectivity index (χ0) is 22.8. The predicted molar refractivity (Wildman–Crippen MR) is 113 cm³/mol. The number of fused-ring (bicyclic) bond motifs is 2. The fourth-order valence-corrected chi connectivity index (χ4v) is 5.18. The van der Waals surface area contributed by atoms with Gasteiger partial charge >= 0.3 is 11.9 Å². The first-order chi connectivity index (χ1) is 14.6. The highest BCUT2D eigenvalue weighted by atomic mass is 32.1. The van der Waals surface area contributed by atoms with E-state index in [4.69, 9.17) is 14.6 Å². The minimum absolute atomic E-state index is 0.200. The average Bonchev–Trinajstić information content (AvgIpc) is 3.14. The third kappa shape index (κ3) is 4.86. The number of piperidine rings is 1. The summed E-state index contributed by atoms with van der Waals surface area (Å²) in [4.78, 5) is 39.7. The van der Waals surface area contributed by atoms with Crippen molar-refractivity contribution in [1.29, 1.82) is 0 Å². The number of thiophene rings is 1. The molecule has 1 fully saturated rings. The molecule has 1 saturated heterocycles. The zero-order valence-electron chi connectivity index (χ0n) is 17.3. The van der Waals surface area contributed by atoms with E-state index in [0.29, 0.717) is 43.2 Å². The number of nitrogens with zero attached hydrogens (tertiary/aromatic N) is 2. The molecule has 0 bridgehead atoms. The van der Waals surface area contributed by atoms with Gasteiger partial charge in [0.05, 0.1) is 6.61 Å². The normalized spacial score (nSPS) is 16.8. The quantitative estimate of drug-likeness (QED) is 0.647. The van der Waals surface area contributed by atoms with Crippen LogP contribution < -0.4 is 4.90 Å². The van der Waals surface area contributed by atoms with E-state index in [-0.39, 0.29) is 5.56 Å². The van der Waals surface area contributed by atoms with Gasteiger partial charge in [0.2, 0.25) is 0 Å². The van der Waals surface area contributed by atoms with E-state index < -0.39 is 23.5 Å².